The molecule has 2 rings (SSSR count). The van der Waals surface area contributed by atoms with E-state index < -0.39 is 28.7 Å². The van der Waals surface area contributed by atoms with Gasteiger partial charge in [0.25, 0.3) is 0 Å². The van der Waals surface area contributed by atoms with E-state index in [1.807, 2.05) is 0 Å². The number of rotatable bonds is 9. The molecule has 0 radical (unpaired) electrons. The van der Waals surface area contributed by atoms with Crippen molar-refractivity contribution in [1.82, 2.24) is 0 Å². The second-order valence-corrected chi connectivity index (χ2v) is 7.71. The van der Waals surface area contributed by atoms with Gasteiger partial charge in [-0.3, -0.25) is 4.79 Å². The van der Waals surface area contributed by atoms with Crippen LogP contribution < -0.4 is 11.5 Å². The van der Waals surface area contributed by atoms with Gasteiger partial charge in [0.15, 0.2) is 11.3 Å². The minimum Gasteiger partial charge on any atom is -0.508 e. The Morgan fingerprint density at radius 2 is 1.34 bits per heavy atom. The zero-order valence-electron chi connectivity index (χ0n) is 18.0. The zero-order valence-corrected chi connectivity index (χ0v) is 18.0. The molecule has 2 aromatic rings. The van der Waals surface area contributed by atoms with Crippen LogP contribution in [0.2, 0.25) is 0 Å². The average Bonchev–Trinajstić information content (AvgIpc) is 2.77. The molecule has 0 aliphatic rings. The van der Waals surface area contributed by atoms with Crippen LogP contribution in [0.15, 0.2) is 48.5 Å². The molecule has 0 heterocycles. The third kappa shape index (κ3) is 5.24. The van der Waals surface area contributed by atoms with Crippen LogP contribution in [0.5, 0.6) is 11.5 Å². The van der Waals surface area contributed by atoms with Crippen molar-refractivity contribution in [3.8, 4) is 11.5 Å². The van der Waals surface area contributed by atoms with Crippen molar-refractivity contribution in [2.24, 2.45) is 11.5 Å². The second kappa shape index (κ2) is 10.3. The van der Waals surface area contributed by atoms with Crippen LogP contribution in [0.1, 0.15) is 44.2 Å². The minimum absolute atomic E-state index is 0.00881. The molecule has 172 valence electrons. The van der Waals surface area contributed by atoms with E-state index in [0.29, 0.717) is 30.5 Å². The maximum Gasteiger partial charge on any atom is 0.382 e. The Kier molecular flexibility index (Phi) is 7.96. The van der Waals surface area contributed by atoms with E-state index in [9.17, 15) is 24.6 Å². The number of nitrogens with two attached hydrogens (primary N) is 2. The summed E-state index contributed by atoms with van der Waals surface area (Å²) in [6.45, 7) is 2.95. The highest BCUT2D eigenvalue weighted by molar-refractivity contribution is 6.14. The number of carbonyl (C=O) groups is 3. The first kappa shape index (κ1) is 24.8. The van der Waals surface area contributed by atoms with Gasteiger partial charge in [0.2, 0.25) is 0 Å². The third-order valence-corrected chi connectivity index (χ3v) is 5.37. The van der Waals surface area contributed by atoms with Crippen LogP contribution in [0.3, 0.4) is 0 Å². The zero-order chi connectivity index (χ0) is 23.9. The molecule has 0 amide bonds. The van der Waals surface area contributed by atoms with Crippen molar-refractivity contribution in [2.45, 2.75) is 44.1 Å². The van der Waals surface area contributed by atoms with E-state index in [0.717, 1.165) is 6.92 Å². The lowest BCUT2D eigenvalue weighted by Gasteiger charge is -2.36. The van der Waals surface area contributed by atoms with Crippen LogP contribution >= 0.6 is 0 Å². The summed E-state index contributed by atoms with van der Waals surface area (Å²) >= 11 is 0. The van der Waals surface area contributed by atoms with Gasteiger partial charge in [-0.15, -0.1) is 0 Å². The summed E-state index contributed by atoms with van der Waals surface area (Å²) in [6, 6.07) is 11.8. The molecular weight excluding hydrogens is 416 g/mol. The van der Waals surface area contributed by atoms with Crippen molar-refractivity contribution in [1.29, 1.82) is 0 Å². The van der Waals surface area contributed by atoms with Crippen molar-refractivity contribution in [3.05, 3.63) is 59.7 Å². The highest BCUT2D eigenvalue weighted by atomic mass is 17.2. The number of aromatic hydroxyl groups is 2. The van der Waals surface area contributed by atoms with Crippen LogP contribution in [0, 0.1) is 0 Å². The fraction of sp³-hybridized carbons (Fsp3) is 0.348. The Hall–Kier alpha value is -3.43. The van der Waals surface area contributed by atoms with E-state index in [-0.39, 0.29) is 17.9 Å². The number of phenolic OH excluding ortho intramolecular Hbond substituents is 2. The fourth-order valence-corrected chi connectivity index (χ4v) is 3.49. The Morgan fingerprint density at radius 3 is 1.75 bits per heavy atom. The fourth-order valence-electron chi connectivity index (χ4n) is 3.49. The Morgan fingerprint density at radius 1 is 0.875 bits per heavy atom. The molecule has 0 aliphatic heterocycles. The van der Waals surface area contributed by atoms with Crippen LogP contribution in [0.25, 0.3) is 0 Å². The van der Waals surface area contributed by atoms with Gasteiger partial charge >= 0.3 is 11.9 Å². The van der Waals surface area contributed by atoms with Gasteiger partial charge in [-0.05, 0) is 68.1 Å². The SMILES string of the molecule is CC(=O)OOC(=O)C(N)(CCCCN)C(=O)C(C)(c1ccc(O)cc1)c1ccc(O)cc1. The molecule has 9 heteroatoms. The van der Waals surface area contributed by atoms with Gasteiger partial charge in [0.1, 0.15) is 11.5 Å². The second-order valence-electron chi connectivity index (χ2n) is 7.71. The molecule has 1 unspecified atom stereocenters. The van der Waals surface area contributed by atoms with Crippen molar-refractivity contribution in [3.63, 3.8) is 0 Å². The number of unbranched alkanes of at least 4 members (excludes halogenated alkanes) is 1. The van der Waals surface area contributed by atoms with Gasteiger partial charge in [-0.2, -0.15) is 0 Å². The number of hydrogen-bond donors (Lipinski definition) is 4. The summed E-state index contributed by atoms with van der Waals surface area (Å²) in [5.74, 6) is -2.82. The lowest BCUT2D eigenvalue weighted by molar-refractivity contribution is -0.261. The number of Topliss-reactive ketones (excluding diaryl/α,β-unsaturated/α-hetero) is 1. The number of phenols is 2. The molecule has 0 aromatic heterocycles. The molecule has 6 N–H and O–H groups in total. The van der Waals surface area contributed by atoms with Gasteiger partial charge in [0, 0.05) is 6.92 Å². The molecule has 0 fully saturated rings. The molecule has 0 saturated carbocycles. The third-order valence-electron chi connectivity index (χ3n) is 5.37. The maximum atomic E-state index is 14.0. The van der Waals surface area contributed by atoms with Gasteiger partial charge in [-0.25, -0.2) is 19.4 Å². The van der Waals surface area contributed by atoms with E-state index in [4.69, 9.17) is 11.5 Å². The Balaban J connectivity index is 2.62. The Labute approximate surface area is 185 Å². The molecular formula is C23H28N2O7. The molecule has 0 saturated heterocycles. The van der Waals surface area contributed by atoms with E-state index in [1.54, 1.807) is 6.92 Å². The Bertz CT molecular complexity index is 912. The van der Waals surface area contributed by atoms with Crippen molar-refractivity contribution < 1.29 is 34.4 Å². The topological polar surface area (TPSA) is 162 Å². The number of hydrogen-bond acceptors (Lipinski definition) is 9. The monoisotopic (exact) mass is 444 g/mol. The largest absolute Gasteiger partial charge is 0.508 e. The van der Waals surface area contributed by atoms with E-state index in [2.05, 4.69) is 9.78 Å². The highest BCUT2D eigenvalue weighted by Crippen LogP contribution is 2.38. The number of ketones is 1. The predicted molar refractivity (Wildman–Crippen MR) is 115 cm³/mol. The molecule has 0 spiro atoms. The summed E-state index contributed by atoms with van der Waals surface area (Å²) in [4.78, 5) is 46.9. The average molecular weight is 444 g/mol. The standard InChI is InChI=1S/C23H28N2O7/c1-15(26)31-32-21(30)23(25,13-3-4-14-24)20(29)22(2,16-5-9-18(27)10-6-16)17-7-11-19(28)12-8-17/h5-12,27-28H,3-4,13-14,24-25H2,1-2H3. The van der Waals surface area contributed by atoms with Crippen LogP contribution in [0.4, 0.5) is 0 Å². The molecule has 9 nitrogen and oxygen atoms in total. The molecule has 1 atom stereocenters. The quantitative estimate of drug-likeness (QED) is 0.195. The summed E-state index contributed by atoms with van der Waals surface area (Å²) in [5, 5.41) is 19.4. The highest BCUT2D eigenvalue weighted by Gasteiger charge is 2.53. The van der Waals surface area contributed by atoms with Crippen molar-refractivity contribution >= 4 is 17.7 Å². The summed E-state index contributed by atoms with van der Waals surface area (Å²) in [7, 11) is 0. The minimum atomic E-state index is -2.17. The first-order chi connectivity index (χ1) is 15.1. The molecule has 0 aliphatic carbocycles. The van der Waals surface area contributed by atoms with Gasteiger partial charge in [0.05, 0.1) is 5.41 Å². The van der Waals surface area contributed by atoms with Crippen molar-refractivity contribution in [2.75, 3.05) is 6.54 Å². The lowest BCUT2D eigenvalue weighted by Crippen LogP contribution is -2.61. The first-order valence-corrected chi connectivity index (χ1v) is 10.1. The predicted octanol–water partition coefficient (Wildman–Crippen LogP) is 1.82. The molecule has 2 aromatic carbocycles. The van der Waals surface area contributed by atoms with Gasteiger partial charge < -0.3 is 21.7 Å². The maximum absolute atomic E-state index is 14.0. The number of carbonyl (C=O) groups excluding carboxylic acids is 3. The summed E-state index contributed by atoms with van der Waals surface area (Å²) < 4.78 is 0. The van der Waals surface area contributed by atoms with E-state index in [1.165, 1.54) is 48.5 Å². The lowest BCUT2D eigenvalue weighted by atomic mass is 9.66. The smallest absolute Gasteiger partial charge is 0.382 e. The van der Waals surface area contributed by atoms with Crippen LogP contribution in [-0.4, -0.2) is 40.0 Å². The molecule has 32 heavy (non-hydrogen) atoms. The molecule has 0 bridgehead atoms. The normalized spacial score (nSPS) is 13.1. The number of benzene rings is 2. The van der Waals surface area contributed by atoms with Crippen LogP contribution in [-0.2, 0) is 29.6 Å². The first-order valence-electron chi connectivity index (χ1n) is 10.1. The van der Waals surface area contributed by atoms with E-state index >= 15 is 0 Å². The van der Waals surface area contributed by atoms with Gasteiger partial charge in [-0.1, -0.05) is 24.3 Å². The summed E-state index contributed by atoms with van der Waals surface area (Å²) in [5.41, 5.74) is 9.16. The summed E-state index contributed by atoms with van der Waals surface area (Å²) in [6.07, 6.45) is 0.742.